The molecule has 2 heterocycles. The van der Waals surface area contributed by atoms with Gasteiger partial charge in [0.25, 0.3) is 0 Å². The van der Waals surface area contributed by atoms with Gasteiger partial charge in [0.1, 0.15) is 24.1 Å². The van der Waals surface area contributed by atoms with Gasteiger partial charge in [0.2, 0.25) is 0 Å². The second kappa shape index (κ2) is 5.86. The largest absolute Gasteiger partial charge is 0.394 e. The van der Waals surface area contributed by atoms with Gasteiger partial charge in [-0.25, -0.2) is 4.79 Å². The van der Waals surface area contributed by atoms with Crippen molar-refractivity contribution in [1.82, 2.24) is 9.55 Å². The van der Waals surface area contributed by atoms with Crippen LogP contribution in [0.1, 0.15) is 6.23 Å². The minimum absolute atomic E-state index is 0. The Morgan fingerprint density at radius 3 is 2.61 bits per heavy atom. The predicted octanol–water partition coefficient (Wildman–Crippen LogP) is -2.57. The van der Waals surface area contributed by atoms with E-state index in [0.717, 1.165) is 4.57 Å². The molecule has 18 heavy (non-hydrogen) atoms. The molecular formula is C9H13N3O5Zn. The number of aromatic nitrogens is 2. The number of hydrogen-bond acceptors (Lipinski definition) is 7. The third kappa shape index (κ3) is 2.60. The van der Waals surface area contributed by atoms with Crippen LogP contribution in [0.4, 0.5) is 5.82 Å². The molecule has 1 aromatic heterocycles. The second-order valence-corrected chi connectivity index (χ2v) is 3.77. The van der Waals surface area contributed by atoms with Gasteiger partial charge in [-0.1, -0.05) is 0 Å². The summed E-state index contributed by atoms with van der Waals surface area (Å²) < 4.78 is 6.19. The number of nitrogens with zero attached hydrogens (tertiary/aromatic N) is 2. The molecular weight excluding hydrogens is 296 g/mol. The zero-order valence-corrected chi connectivity index (χ0v) is 12.5. The molecule has 0 spiro atoms. The van der Waals surface area contributed by atoms with Crippen molar-refractivity contribution in [3.63, 3.8) is 0 Å². The van der Waals surface area contributed by atoms with Crippen LogP contribution in [0.3, 0.4) is 0 Å². The van der Waals surface area contributed by atoms with Crippen LogP contribution in [0.5, 0.6) is 0 Å². The van der Waals surface area contributed by atoms with Crippen LogP contribution >= 0.6 is 0 Å². The number of anilines is 1. The molecule has 0 radical (unpaired) electrons. The van der Waals surface area contributed by atoms with Crippen LogP contribution in [0.25, 0.3) is 0 Å². The van der Waals surface area contributed by atoms with E-state index >= 15 is 0 Å². The average molecular weight is 309 g/mol. The number of rotatable bonds is 2. The molecule has 1 aromatic rings. The first-order valence-electron chi connectivity index (χ1n) is 5.01. The maximum Gasteiger partial charge on any atom is 0.351 e. The summed E-state index contributed by atoms with van der Waals surface area (Å²) in [5.41, 5.74) is 4.63. The van der Waals surface area contributed by atoms with Gasteiger partial charge < -0.3 is 25.8 Å². The molecule has 1 saturated heterocycles. The fourth-order valence-corrected chi connectivity index (χ4v) is 1.73. The quantitative estimate of drug-likeness (QED) is 0.442. The number of nitrogen functional groups attached to an aromatic ring is 1. The fraction of sp³-hybridized carbons (Fsp3) is 0.556. The molecule has 1 aliphatic rings. The van der Waals surface area contributed by atoms with Gasteiger partial charge in [-0.05, 0) is 6.07 Å². The van der Waals surface area contributed by atoms with Crippen molar-refractivity contribution in [2.24, 2.45) is 0 Å². The Hall–Kier alpha value is -0.857. The fourth-order valence-electron chi connectivity index (χ4n) is 1.73. The minimum atomic E-state index is -1.31. The summed E-state index contributed by atoms with van der Waals surface area (Å²) in [6, 6.07) is 1.37. The molecule has 0 bridgehead atoms. The Morgan fingerprint density at radius 2 is 2.11 bits per heavy atom. The van der Waals surface area contributed by atoms with E-state index in [4.69, 9.17) is 15.6 Å². The second-order valence-electron chi connectivity index (χ2n) is 3.77. The molecule has 1 aliphatic heterocycles. The Kier molecular flexibility index (Phi) is 4.95. The van der Waals surface area contributed by atoms with Crippen LogP contribution in [-0.4, -0.2) is 49.8 Å². The number of aliphatic hydroxyl groups excluding tert-OH is 3. The summed E-state index contributed by atoms with van der Waals surface area (Å²) >= 11 is 0. The number of hydrogen-bond donors (Lipinski definition) is 4. The Balaban J connectivity index is 0.00000162. The van der Waals surface area contributed by atoms with Crippen molar-refractivity contribution in [2.45, 2.75) is 24.5 Å². The summed E-state index contributed by atoms with van der Waals surface area (Å²) in [7, 11) is 0. The summed E-state index contributed by atoms with van der Waals surface area (Å²) in [6.45, 7) is -0.453. The van der Waals surface area contributed by atoms with E-state index in [1.54, 1.807) is 0 Å². The third-order valence-electron chi connectivity index (χ3n) is 2.64. The average Bonchev–Trinajstić information content (AvgIpc) is 2.57. The van der Waals surface area contributed by atoms with E-state index < -0.39 is 36.8 Å². The summed E-state index contributed by atoms with van der Waals surface area (Å²) in [5, 5.41) is 28.2. The van der Waals surface area contributed by atoms with E-state index in [2.05, 4.69) is 4.98 Å². The van der Waals surface area contributed by atoms with Crippen molar-refractivity contribution >= 4 is 5.82 Å². The summed E-state index contributed by atoms with van der Waals surface area (Å²) in [6.07, 6.45) is -3.27. The van der Waals surface area contributed by atoms with Crippen molar-refractivity contribution in [3.05, 3.63) is 22.7 Å². The SMILES string of the molecule is Nc1ccn([C@@H]2O[C@H](CO)[C@@H](O)[C@H]2O)c(=O)n1.[Zn]. The number of ether oxygens (including phenoxy) is 1. The molecule has 0 saturated carbocycles. The molecule has 9 heteroatoms. The molecule has 4 atom stereocenters. The standard InChI is InChI=1S/C9H13N3O5.Zn/c10-5-1-2-12(9(16)11-5)8-7(15)6(14)4(3-13)17-8;/h1-2,4,6-8,13-15H,3H2,(H2,10,11,16);/t4-,6-,7-,8-;/m1./s1. The maximum absolute atomic E-state index is 11.5. The third-order valence-corrected chi connectivity index (χ3v) is 2.64. The van der Waals surface area contributed by atoms with E-state index in [1.807, 2.05) is 0 Å². The van der Waals surface area contributed by atoms with Crippen molar-refractivity contribution < 1.29 is 39.5 Å². The molecule has 8 nitrogen and oxygen atoms in total. The molecule has 96 valence electrons. The molecule has 2 rings (SSSR count). The zero-order valence-electron chi connectivity index (χ0n) is 9.51. The monoisotopic (exact) mass is 307 g/mol. The normalized spacial score (nSPS) is 31.1. The number of nitrogens with two attached hydrogens (primary N) is 1. The van der Waals surface area contributed by atoms with Crippen LogP contribution in [0.2, 0.25) is 0 Å². The van der Waals surface area contributed by atoms with E-state index in [9.17, 15) is 15.0 Å². The number of aliphatic hydroxyl groups is 3. The molecule has 0 aliphatic carbocycles. The van der Waals surface area contributed by atoms with Gasteiger partial charge in [-0.3, -0.25) is 4.57 Å². The van der Waals surface area contributed by atoms with Crippen LogP contribution < -0.4 is 11.4 Å². The summed E-state index contributed by atoms with van der Waals surface area (Å²) in [5.74, 6) is 0.0537. The molecule has 0 amide bonds. The van der Waals surface area contributed by atoms with Gasteiger partial charge in [-0.15, -0.1) is 0 Å². The molecule has 1 fully saturated rings. The Labute approximate surface area is 115 Å². The Morgan fingerprint density at radius 1 is 1.44 bits per heavy atom. The van der Waals surface area contributed by atoms with Crippen LogP contribution in [0, 0.1) is 0 Å². The molecule has 0 unspecified atom stereocenters. The first-order chi connectivity index (χ1) is 8.04. The van der Waals surface area contributed by atoms with Crippen LogP contribution in [-0.2, 0) is 24.2 Å². The van der Waals surface area contributed by atoms with Crippen molar-refractivity contribution in [2.75, 3.05) is 12.3 Å². The zero-order chi connectivity index (χ0) is 12.6. The van der Waals surface area contributed by atoms with Gasteiger partial charge in [0.15, 0.2) is 6.23 Å². The van der Waals surface area contributed by atoms with Crippen molar-refractivity contribution in [1.29, 1.82) is 0 Å². The van der Waals surface area contributed by atoms with Gasteiger partial charge in [0, 0.05) is 25.7 Å². The first kappa shape index (κ1) is 15.2. The van der Waals surface area contributed by atoms with Crippen molar-refractivity contribution in [3.8, 4) is 0 Å². The Bertz CT molecular complexity index is 468. The molecule has 5 N–H and O–H groups in total. The van der Waals surface area contributed by atoms with Crippen LogP contribution in [0.15, 0.2) is 17.1 Å². The predicted molar refractivity (Wildman–Crippen MR) is 55.9 cm³/mol. The minimum Gasteiger partial charge on any atom is -0.394 e. The van der Waals surface area contributed by atoms with E-state index in [0.29, 0.717) is 0 Å². The van der Waals surface area contributed by atoms with Gasteiger partial charge in [-0.2, -0.15) is 4.98 Å². The van der Waals surface area contributed by atoms with Gasteiger partial charge in [0.05, 0.1) is 6.61 Å². The first-order valence-corrected chi connectivity index (χ1v) is 5.01. The van der Waals surface area contributed by atoms with Gasteiger partial charge >= 0.3 is 5.69 Å². The topological polar surface area (TPSA) is 131 Å². The summed E-state index contributed by atoms with van der Waals surface area (Å²) in [4.78, 5) is 15.0. The molecule has 0 aromatic carbocycles. The van der Waals surface area contributed by atoms with E-state index in [1.165, 1.54) is 12.3 Å². The van der Waals surface area contributed by atoms with E-state index in [-0.39, 0.29) is 25.3 Å². The maximum atomic E-state index is 11.5. The smallest absolute Gasteiger partial charge is 0.351 e.